The van der Waals surface area contributed by atoms with E-state index in [2.05, 4.69) is 15.5 Å². The number of nitrogens with one attached hydrogen (secondary N) is 1. The molecule has 0 bridgehead atoms. The van der Waals surface area contributed by atoms with E-state index < -0.39 is 5.82 Å². The number of anilines is 1. The second kappa shape index (κ2) is 6.83. The highest BCUT2D eigenvalue weighted by Gasteiger charge is 2.34. The summed E-state index contributed by atoms with van der Waals surface area (Å²) in [5, 5.41) is 11.8. The predicted molar refractivity (Wildman–Crippen MR) is 105 cm³/mol. The van der Waals surface area contributed by atoms with Gasteiger partial charge in [0.15, 0.2) is 0 Å². The van der Waals surface area contributed by atoms with Crippen molar-refractivity contribution in [1.82, 2.24) is 20.4 Å². The molecular formula is C19H18FN5O2S. The maximum absolute atomic E-state index is 13.8. The molecule has 144 valence electrons. The van der Waals surface area contributed by atoms with Crippen LogP contribution in [0.4, 0.5) is 10.1 Å². The SMILES string of the molecule is Cc1nnc2sc(C(=O)NC3CN(C(=O)c4ccccc4F)C3)c(N)c2c1C. The summed E-state index contributed by atoms with van der Waals surface area (Å²) in [6, 6.07) is 5.65. The monoisotopic (exact) mass is 399 g/mol. The van der Waals surface area contributed by atoms with Crippen molar-refractivity contribution in [3.05, 3.63) is 51.8 Å². The largest absolute Gasteiger partial charge is 0.397 e. The smallest absolute Gasteiger partial charge is 0.263 e. The van der Waals surface area contributed by atoms with Gasteiger partial charge >= 0.3 is 0 Å². The topological polar surface area (TPSA) is 101 Å². The summed E-state index contributed by atoms with van der Waals surface area (Å²) in [5.74, 6) is -1.24. The van der Waals surface area contributed by atoms with E-state index in [9.17, 15) is 14.0 Å². The quantitative estimate of drug-likeness (QED) is 0.704. The van der Waals surface area contributed by atoms with Crippen molar-refractivity contribution in [3.8, 4) is 0 Å². The van der Waals surface area contributed by atoms with Crippen LogP contribution in [0.15, 0.2) is 24.3 Å². The molecule has 1 fully saturated rings. The molecule has 0 saturated carbocycles. The number of carbonyl (C=O) groups is 2. The van der Waals surface area contributed by atoms with Crippen LogP contribution in [0.2, 0.25) is 0 Å². The van der Waals surface area contributed by atoms with E-state index >= 15 is 0 Å². The highest BCUT2D eigenvalue weighted by Crippen LogP contribution is 2.35. The number of nitrogen functional groups attached to an aromatic ring is 1. The number of benzene rings is 1. The summed E-state index contributed by atoms with van der Waals surface area (Å²) in [7, 11) is 0. The number of nitrogens with two attached hydrogens (primary N) is 1. The molecular weight excluding hydrogens is 381 g/mol. The van der Waals surface area contributed by atoms with Gasteiger partial charge in [0.25, 0.3) is 11.8 Å². The molecule has 4 rings (SSSR count). The van der Waals surface area contributed by atoms with Crippen LogP contribution in [0.25, 0.3) is 10.2 Å². The zero-order valence-corrected chi connectivity index (χ0v) is 16.1. The first-order valence-corrected chi connectivity index (χ1v) is 9.55. The Hall–Kier alpha value is -3.07. The summed E-state index contributed by atoms with van der Waals surface area (Å²) in [5.41, 5.74) is 8.29. The van der Waals surface area contributed by atoms with Crippen molar-refractivity contribution in [2.45, 2.75) is 19.9 Å². The molecule has 0 unspecified atom stereocenters. The number of likely N-dealkylation sites (tertiary alicyclic amines) is 1. The molecule has 3 aromatic rings. The molecule has 2 amide bonds. The normalized spacial score (nSPS) is 14.2. The van der Waals surface area contributed by atoms with Crippen LogP contribution in [-0.2, 0) is 0 Å². The highest BCUT2D eigenvalue weighted by molar-refractivity contribution is 7.21. The van der Waals surface area contributed by atoms with Gasteiger partial charge in [0.1, 0.15) is 15.5 Å². The third-order valence-corrected chi connectivity index (χ3v) is 6.04. The van der Waals surface area contributed by atoms with Crippen molar-refractivity contribution in [2.75, 3.05) is 18.8 Å². The second-order valence-electron chi connectivity index (χ2n) is 6.80. The Morgan fingerprint density at radius 3 is 2.68 bits per heavy atom. The molecule has 2 aromatic heterocycles. The van der Waals surface area contributed by atoms with Crippen molar-refractivity contribution in [1.29, 1.82) is 0 Å². The number of amides is 2. The van der Waals surface area contributed by atoms with Gasteiger partial charge in [-0.05, 0) is 31.5 Å². The van der Waals surface area contributed by atoms with Gasteiger partial charge in [-0.2, -0.15) is 5.10 Å². The first-order valence-electron chi connectivity index (χ1n) is 8.73. The van der Waals surface area contributed by atoms with Crippen LogP contribution in [0, 0.1) is 19.7 Å². The van der Waals surface area contributed by atoms with E-state index in [4.69, 9.17) is 5.73 Å². The van der Waals surface area contributed by atoms with Crippen LogP contribution in [0.1, 0.15) is 31.3 Å². The zero-order valence-electron chi connectivity index (χ0n) is 15.3. The lowest BCUT2D eigenvalue weighted by Crippen LogP contribution is -2.61. The van der Waals surface area contributed by atoms with Crippen molar-refractivity contribution in [3.63, 3.8) is 0 Å². The fraction of sp³-hybridized carbons (Fsp3) is 0.263. The molecule has 9 heteroatoms. The maximum Gasteiger partial charge on any atom is 0.263 e. The number of hydrogen-bond donors (Lipinski definition) is 2. The standard InChI is InChI=1S/C19H18FN5O2S/c1-9-10(2)23-24-18-14(9)15(21)16(28-18)17(26)22-11-7-25(8-11)19(27)12-5-3-4-6-13(12)20/h3-6,11H,7-8,21H2,1-2H3,(H,22,26). The summed E-state index contributed by atoms with van der Waals surface area (Å²) in [6.07, 6.45) is 0. The van der Waals surface area contributed by atoms with Crippen LogP contribution >= 0.6 is 11.3 Å². The van der Waals surface area contributed by atoms with Gasteiger partial charge in [0, 0.05) is 18.5 Å². The fourth-order valence-corrected chi connectivity index (χ4v) is 4.20. The molecule has 7 nitrogen and oxygen atoms in total. The molecule has 1 aromatic carbocycles. The summed E-state index contributed by atoms with van der Waals surface area (Å²) < 4.78 is 13.8. The van der Waals surface area contributed by atoms with Crippen LogP contribution in [0.3, 0.4) is 0 Å². The number of thiophene rings is 1. The van der Waals surface area contributed by atoms with E-state index in [1.807, 2.05) is 13.8 Å². The minimum absolute atomic E-state index is 0.0328. The van der Waals surface area contributed by atoms with Crippen molar-refractivity contribution >= 4 is 39.1 Å². The van der Waals surface area contributed by atoms with Gasteiger partial charge in [-0.15, -0.1) is 16.4 Å². The van der Waals surface area contributed by atoms with Crippen LogP contribution < -0.4 is 11.1 Å². The third kappa shape index (κ3) is 2.97. The first kappa shape index (κ1) is 18.3. The van der Waals surface area contributed by atoms with Crippen molar-refractivity contribution < 1.29 is 14.0 Å². The van der Waals surface area contributed by atoms with E-state index in [1.165, 1.54) is 34.4 Å². The van der Waals surface area contributed by atoms with E-state index in [1.54, 1.807) is 6.07 Å². The lowest BCUT2D eigenvalue weighted by atomic mass is 10.1. The molecule has 28 heavy (non-hydrogen) atoms. The summed E-state index contributed by atoms with van der Waals surface area (Å²) in [6.45, 7) is 4.38. The van der Waals surface area contributed by atoms with E-state index in [0.29, 0.717) is 28.5 Å². The Morgan fingerprint density at radius 1 is 1.25 bits per heavy atom. The Labute approximate surface area is 164 Å². The third-order valence-electron chi connectivity index (χ3n) is 4.95. The minimum Gasteiger partial charge on any atom is -0.397 e. The highest BCUT2D eigenvalue weighted by atomic mass is 32.1. The maximum atomic E-state index is 13.8. The second-order valence-corrected chi connectivity index (χ2v) is 7.79. The van der Waals surface area contributed by atoms with Crippen LogP contribution in [0.5, 0.6) is 0 Å². The van der Waals surface area contributed by atoms with Gasteiger partial charge < -0.3 is 16.0 Å². The Balaban J connectivity index is 1.44. The Bertz CT molecular complexity index is 1110. The molecule has 0 radical (unpaired) electrons. The summed E-state index contributed by atoms with van der Waals surface area (Å²) in [4.78, 5) is 27.5. The molecule has 1 saturated heterocycles. The lowest BCUT2D eigenvalue weighted by Gasteiger charge is -2.39. The number of rotatable bonds is 3. The lowest BCUT2D eigenvalue weighted by molar-refractivity contribution is 0.0539. The number of carbonyl (C=O) groups excluding carboxylic acids is 2. The fourth-order valence-electron chi connectivity index (χ4n) is 3.20. The van der Waals surface area contributed by atoms with Gasteiger partial charge in [-0.25, -0.2) is 4.39 Å². The van der Waals surface area contributed by atoms with E-state index in [0.717, 1.165) is 16.6 Å². The average molecular weight is 399 g/mol. The molecule has 1 aliphatic heterocycles. The number of aryl methyl sites for hydroxylation is 2. The predicted octanol–water partition coefficient (Wildman–Crippen LogP) is 2.28. The van der Waals surface area contributed by atoms with Crippen LogP contribution in [-0.4, -0.2) is 46.0 Å². The van der Waals surface area contributed by atoms with E-state index in [-0.39, 0.29) is 23.4 Å². The van der Waals surface area contributed by atoms with Gasteiger partial charge in [0.2, 0.25) is 0 Å². The molecule has 0 spiro atoms. The molecule has 3 N–H and O–H groups in total. The Kier molecular flexibility index (Phi) is 4.46. The number of halogens is 1. The minimum atomic E-state index is -0.551. The number of nitrogens with zero attached hydrogens (tertiary/aromatic N) is 3. The number of aromatic nitrogens is 2. The average Bonchev–Trinajstić information content (AvgIpc) is 2.98. The molecule has 0 atom stereocenters. The van der Waals surface area contributed by atoms with Gasteiger partial charge in [0.05, 0.1) is 23.0 Å². The Morgan fingerprint density at radius 2 is 1.96 bits per heavy atom. The van der Waals surface area contributed by atoms with Crippen molar-refractivity contribution in [2.24, 2.45) is 0 Å². The molecule has 1 aliphatic rings. The number of fused-ring (bicyclic) bond motifs is 1. The summed E-state index contributed by atoms with van der Waals surface area (Å²) >= 11 is 1.20. The van der Waals surface area contributed by atoms with Gasteiger partial charge in [-0.1, -0.05) is 12.1 Å². The first-order chi connectivity index (χ1) is 13.4. The molecule has 3 heterocycles. The molecule has 0 aliphatic carbocycles. The van der Waals surface area contributed by atoms with Gasteiger partial charge in [-0.3, -0.25) is 9.59 Å². The number of hydrogen-bond acceptors (Lipinski definition) is 6. The zero-order chi connectivity index (χ0) is 20.0.